The molecule has 0 radical (unpaired) electrons. The Balaban J connectivity index is 0.00000264. The Hall–Kier alpha value is -1.32. The van der Waals surface area contributed by atoms with Crippen molar-refractivity contribution in [2.75, 3.05) is 13.1 Å². The predicted octanol–water partition coefficient (Wildman–Crippen LogP) is 3.87. The third-order valence-electron chi connectivity index (χ3n) is 4.46. The first kappa shape index (κ1) is 19.7. The molecule has 0 aliphatic carbocycles. The number of halogens is 1. The van der Waals surface area contributed by atoms with E-state index in [0.29, 0.717) is 18.4 Å². The molecule has 0 aromatic heterocycles. The zero-order chi connectivity index (χ0) is 15.9. The minimum Gasteiger partial charge on any atom is -0.462 e. The molecule has 2 rings (SSSR count). The highest BCUT2D eigenvalue weighted by Gasteiger charge is 2.32. The number of esters is 1. The summed E-state index contributed by atoms with van der Waals surface area (Å²) in [6.45, 7) is 10.0. The zero-order valence-electron chi connectivity index (χ0n) is 14.1. The minimum absolute atomic E-state index is 0. The summed E-state index contributed by atoms with van der Waals surface area (Å²) < 4.78 is 5.73. The lowest BCUT2D eigenvalue weighted by molar-refractivity contribution is -0.155. The summed E-state index contributed by atoms with van der Waals surface area (Å²) in [5, 5.41) is 0. The highest BCUT2D eigenvalue weighted by Crippen LogP contribution is 2.25. The first-order valence-corrected chi connectivity index (χ1v) is 8.18. The molecule has 23 heavy (non-hydrogen) atoms. The Labute approximate surface area is 146 Å². The van der Waals surface area contributed by atoms with Gasteiger partial charge in [-0.05, 0) is 25.3 Å². The van der Waals surface area contributed by atoms with Crippen LogP contribution >= 0.6 is 12.4 Å². The number of hydrogen-bond acceptors (Lipinski definition) is 3. The van der Waals surface area contributed by atoms with Crippen molar-refractivity contribution >= 4 is 18.4 Å². The normalized spacial score (nSPS) is 24.5. The van der Waals surface area contributed by atoms with E-state index < -0.39 is 0 Å². The van der Waals surface area contributed by atoms with E-state index in [1.54, 1.807) is 0 Å². The molecule has 0 amide bonds. The standard InChI is InChI=1S/C19H27NO2.ClH/c1-4-12-20-14-15(2)18(13-16(20)3)22-19(21)11-10-17-8-6-5-7-9-17;/h4-9,15-16,18H,1,10-14H2,2-3H3;1H. The van der Waals surface area contributed by atoms with Gasteiger partial charge >= 0.3 is 5.97 Å². The van der Waals surface area contributed by atoms with Crippen molar-refractivity contribution in [3.8, 4) is 0 Å². The molecule has 3 unspecified atom stereocenters. The number of aryl methyl sites for hydroxylation is 1. The van der Waals surface area contributed by atoms with Crippen LogP contribution in [-0.2, 0) is 16.0 Å². The smallest absolute Gasteiger partial charge is 0.306 e. The average molecular weight is 338 g/mol. The SMILES string of the molecule is C=CCN1CC(C)C(OC(=O)CCc2ccccc2)CC1C.Cl. The fourth-order valence-corrected chi connectivity index (χ4v) is 3.09. The monoisotopic (exact) mass is 337 g/mol. The molecule has 3 nitrogen and oxygen atoms in total. The molecule has 1 fully saturated rings. The van der Waals surface area contributed by atoms with Crippen LogP contribution in [0.4, 0.5) is 0 Å². The summed E-state index contributed by atoms with van der Waals surface area (Å²) in [6, 6.07) is 10.5. The molecule has 1 aliphatic heterocycles. The molecular formula is C19H28ClNO2. The molecule has 1 heterocycles. The largest absolute Gasteiger partial charge is 0.462 e. The quantitative estimate of drug-likeness (QED) is 0.583. The maximum absolute atomic E-state index is 12.1. The molecule has 1 aromatic rings. The van der Waals surface area contributed by atoms with Crippen LogP contribution in [0.3, 0.4) is 0 Å². The van der Waals surface area contributed by atoms with Gasteiger partial charge in [0.05, 0.1) is 0 Å². The van der Waals surface area contributed by atoms with Crippen LogP contribution in [0.25, 0.3) is 0 Å². The van der Waals surface area contributed by atoms with Crippen LogP contribution in [0.15, 0.2) is 43.0 Å². The van der Waals surface area contributed by atoms with Crippen LogP contribution in [0, 0.1) is 5.92 Å². The number of benzene rings is 1. The van der Waals surface area contributed by atoms with E-state index in [1.807, 2.05) is 36.4 Å². The van der Waals surface area contributed by atoms with Crippen molar-refractivity contribution in [3.05, 3.63) is 48.6 Å². The van der Waals surface area contributed by atoms with Crippen LogP contribution < -0.4 is 0 Å². The van der Waals surface area contributed by atoms with E-state index in [-0.39, 0.29) is 24.5 Å². The lowest BCUT2D eigenvalue weighted by Gasteiger charge is -2.40. The van der Waals surface area contributed by atoms with Gasteiger partial charge in [-0.15, -0.1) is 19.0 Å². The van der Waals surface area contributed by atoms with Gasteiger partial charge in [0, 0.05) is 31.5 Å². The molecule has 128 valence electrons. The molecule has 0 spiro atoms. The Kier molecular flexibility index (Phi) is 8.35. The Morgan fingerprint density at radius 3 is 2.70 bits per heavy atom. The van der Waals surface area contributed by atoms with Gasteiger partial charge in [-0.3, -0.25) is 9.69 Å². The van der Waals surface area contributed by atoms with Gasteiger partial charge in [0.1, 0.15) is 6.10 Å². The first-order chi connectivity index (χ1) is 10.6. The molecule has 1 aromatic carbocycles. The van der Waals surface area contributed by atoms with Crippen LogP contribution in [-0.4, -0.2) is 36.1 Å². The lowest BCUT2D eigenvalue weighted by Crippen LogP contribution is -2.48. The topological polar surface area (TPSA) is 29.5 Å². The lowest BCUT2D eigenvalue weighted by atomic mass is 9.91. The van der Waals surface area contributed by atoms with Gasteiger partial charge < -0.3 is 4.74 Å². The van der Waals surface area contributed by atoms with Gasteiger partial charge in [-0.25, -0.2) is 0 Å². The molecule has 0 N–H and O–H groups in total. The van der Waals surface area contributed by atoms with Gasteiger partial charge in [0.2, 0.25) is 0 Å². The summed E-state index contributed by atoms with van der Waals surface area (Å²) in [5.41, 5.74) is 1.18. The maximum Gasteiger partial charge on any atom is 0.306 e. The highest BCUT2D eigenvalue weighted by atomic mass is 35.5. The summed E-state index contributed by atoms with van der Waals surface area (Å²) in [6.07, 6.45) is 4.10. The van der Waals surface area contributed by atoms with Crippen molar-refractivity contribution in [1.29, 1.82) is 0 Å². The zero-order valence-corrected chi connectivity index (χ0v) is 14.9. The molecular weight excluding hydrogens is 310 g/mol. The fraction of sp³-hybridized carbons (Fsp3) is 0.526. The number of nitrogens with zero attached hydrogens (tertiary/aromatic N) is 1. The molecule has 0 saturated carbocycles. The number of piperidine rings is 1. The second-order valence-corrected chi connectivity index (χ2v) is 6.32. The summed E-state index contributed by atoms with van der Waals surface area (Å²) in [7, 11) is 0. The average Bonchev–Trinajstić information content (AvgIpc) is 2.51. The van der Waals surface area contributed by atoms with Crippen molar-refractivity contribution in [1.82, 2.24) is 4.90 Å². The van der Waals surface area contributed by atoms with E-state index in [4.69, 9.17) is 4.74 Å². The van der Waals surface area contributed by atoms with E-state index in [1.165, 1.54) is 5.56 Å². The van der Waals surface area contributed by atoms with Crippen LogP contribution in [0.5, 0.6) is 0 Å². The summed E-state index contributed by atoms with van der Waals surface area (Å²) in [5.74, 6) is 0.293. The second-order valence-electron chi connectivity index (χ2n) is 6.32. The summed E-state index contributed by atoms with van der Waals surface area (Å²) >= 11 is 0. The highest BCUT2D eigenvalue weighted by molar-refractivity contribution is 5.85. The van der Waals surface area contributed by atoms with Gasteiger partial charge in [0.25, 0.3) is 0 Å². The Bertz CT molecular complexity index is 491. The first-order valence-electron chi connectivity index (χ1n) is 8.18. The van der Waals surface area contributed by atoms with Crippen molar-refractivity contribution in [2.45, 2.75) is 45.3 Å². The Morgan fingerprint density at radius 1 is 1.35 bits per heavy atom. The number of ether oxygens (including phenoxy) is 1. The van der Waals surface area contributed by atoms with Gasteiger partial charge in [-0.2, -0.15) is 0 Å². The van der Waals surface area contributed by atoms with Crippen LogP contribution in [0.2, 0.25) is 0 Å². The van der Waals surface area contributed by atoms with Crippen LogP contribution in [0.1, 0.15) is 32.3 Å². The number of hydrogen-bond donors (Lipinski definition) is 0. The molecule has 1 aliphatic rings. The van der Waals surface area contributed by atoms with Gasteiger partial charge in [0.15, 0.2) is 0 Å². The van der Waals surface area contributed by atoms with Crippen molar-refractivity contribution < 1.29 is 9.53 Å². The van der Waals surface area contributed by atoms with Crippen molar-refractivity contribution in [3.63, 3.8) is 0 Å². The number of carbonyl (C=O) groups is 1. The fourth-order valence-electron chi connectivity index (χ4n) is 3.09. The van der Waals surface area contributed by atoms with E-state index >= 15 is 0 Å². The molecule has 1 saturated heterocycles. The maximum atomic E-state index is 12.1. The second kappa shape index (κ2) is 9.74. The molecule has 0 bridgehead atoms. The summed E-state index contributed by atoms with van der Waals surface area (Å²) in [4.78, 5) is 14.5. The molecule has 3 atom stereocenters. The van der Waals surface area contributed by atoms with E-state index in [2.05, 4.69) is 25.3 Å². The number of carbonyl (C=O) groups excluding carboxylic acids is 1. The van der Waals surface area contributed by atoms with E-state index in [9.17, 15) is 4.79 Å². The third-order valence-corrected chi connectivity index (χ3v) is 4.46. The Morgan fingerprint density at radius 2 is 2.04 bits per heavy atom. The predicted molar refractivity (Wildman–Crippen MR) is 96.9 cm³/mol. The molecule has 4 heteroatoms. The minimum atomic E-state index is -0.0786. The number of likely N-dealkylation sites (tertiary alicyclic amines) is 1. The van der Waals surface area contributed by atoms with Gasteiger partial charge in [-0.1, -0.05) is 43.3 Å². The third kappa shape index (κ3) is 6.00. The van der Waals surface area contributed by atoms with E-state index in [0.717, 1.165) is 25.9 Å². The number of rotatable bonds is 6. The van der Waals surface area contributed by atoms with Crippen molar-refractivity contribution in [2.24, 2.45) is 5.92 Å².